The van der Waals surface area contributed by atoms with Gasteiger partial charge < -0.3 is 15.0 Å². The molecule has 124 valence electrons. The van der Waals surface area contributed by atoms with Crippen LogP contribution in [0, 0.1) is 0 Å². The zero-order chi connectivity index (χ0) is 16.8. The van der Waals surface area contributed by atoms with Crippen molar-refractivity contribution in [1.29, 1.82) is 0 Å². The van der Waals surface area contributed by atoms with E-state index >= 15 is 0 Å². The van der Waals surface area contributed by atoms with Crippen LogP contribution in [0.2, 0.25) is 0 Å². The first kappa shape index (κ1) is 16.5. The first-order valence-corrected chi connectivity index (χ1v) is 8.86. The maximum absolute atomic E-state index is 12.4. The minimum atomic E-state index is -0.673. The normalized spacial score (nSPS) is 12.0. The van der Waals surface area contributed by atoms with Gasteiger partial charge in [0, 0.05) is 19.3 Å². The number of hydrogen-bond donors (Lipinski definition) is 2. The van der Waals surface area contributed by atoms with Crippen molar-refractivity contribution in [1.82, 2.24) is 9.88 Å². The second-order valence-electron chi connectivity index (χ2n) is 5.60. The number of aliphatic hydroxyl groups is 1. The number of aryl methyl sites for hydroxylation is 2. The number of benzene rings is 1. The molecule has 0 aliphatic heterocycles. The van der Waals surface area contributed by atoms with Gasteiger partial charge in [0.15, 0.2) is 0 Å². The Kier molecular flexibility index (Phi) is 5.46. The molecule has 2 heterocycles. The molecule has 0 saturated carbocycles. The van der Waals surface area contributed by atoms with Gasteiger partial charge in [0.25, 0.3) is 5.91 Å². The van der Waals surface area contributed by atoms with Gasteiger partial charge in [-0.25, -0.2) is 0 Å². The van der Waals surface area contributed by atoms with Crippen LogP contribution in [0.15, 0.2) is 65.5 Å². The summed E-state index contributed by atoms with van der Waals surface area (Å²) in [6.07, 6.45) is 2.11. The van der Waals surface area contributed by atoms with Crippen molar-refractivity contribution in [2.45, 2.75) is 19.1 Å². The number of carbonyl (C=O) groups excluding carboxylic acids is 1. The predicted octanol–water partition coefficient (Wildman–Crippen LogP) is 3.26. The molecule has 24 heavy (non-hydrogen) atoms. The molecule has 1 atom stereocenters. The van der Waals surface area contributed by atoms with Crippen LogP contribution in [0.3, 0.4) is 0 Å². The maximum Gasteiger partial charge on any atom is 0.268 e. The van der Waals surface area contributed by atoms with Gasteiger partial charge in [-0.3, -0.25) is 4.79 Å². The molecule has 1 unspecified atom stereocenters. The van der Waals surface area contributed by atoms with Crippen LogP contribution in [-0.2, 0) is 13.0 Å². The molecule has 0 aliphatic carbocycles. The monoisotopic (exact) mass is 340 g/mol. The van der Waals surface area contributed by atoms with Crippen molar-refractivity contribution in [3.8, 4) is 0 Å². The number of amides is 1. The number of aromatic nitrogens is 1. The summed E-state index contributed by atoms with van der Waals surface area (Å²) >= 11 is 1.53. The summed E-state index contributed by atoms with van der Waals surface area (Å²) in [7, 11) is 0. The minimum Gasteiger partial charge on any atom is -0.387 e. The summed E-state index contributed by atoms with van der Waals surface area (Å²) < 4.78 is 1.94. The molecule has 4 nitrogen and oxygen atoms in total. The van der Waals surface area contributed by atoms with Crippen molar-refractivity contribution in [2.24, 2.45) is 0 Å². The summed E-state index contributed by atoms with van der Waals surface area (Å²) in [5.41, 5.74) is 2.69. The van der Waals surface area contributed by atoms with E-state index in [9.17, 15) is 9.90 Å². The summed E-state index contributed by atoms with van der Waals surface area (Å²) in [6.45, 7) is 0.951. The summed E-state index contributed by atoms with van der Waals surface area (Å²) in [5, 5.41) is 16.7. The van der Waals surface area contributed by atoms with Gasteiger partial charge in [-0.1, -0.05) is 30.3 Å². The molecular weight excluding hydrogens is 320 g/mol. The summed E-state index contributed by atoms with van der Waals surface area (Å²) in [5.74, 6) is -0.164. The molecule has 1 aromatic carbocycles. The third-order valence-corrected chi connectivity index (χ3v) is 4.63. The van der Waals surface area contributed by atoms with E-state index in [-0.39, 0.29) is 12.5 Å². The van der Waals surface area contributed by atoms with Crippen molar-refractivity contribution in [3.05, 3.63) is 82.3 Å². The van der Waals surface area contributed by atoms with E-state index in [1.54, 1.807) is 6.07 Å². The predicted molar refractivity (Wildman–Crippen MR) is 96.2 cm³/mol. The topological polar surface area (TPSA) is 54.3 Å². The molecule has 0 spiro atoms. The Morgan fingerprint density at radius 1 is 1.17 bits per heavy atom. The highest BCUT2D eigenvalue weighted by Gasteiger charge is 2.14. The maximum atomic E-state index is 12.4. The molecule has 1 amide bonds. The first-order chi connectivity index (χ1) is 11.7. The van der Waals surface area contributed by atoms with Crippen molar-refractivity contribution >= 4 is 17.2 Å². The highest BCUT2D eigenvalue weighted by Crippen LogP contribution is 2.15. The fraction of sp³-hybridized carbons (Fsp3) is 0.211. The highest BCUT2D eigenvalue weighted by atomic mass is 32.1. The Bertz CT molecular complexity index is 766. The van der Waals surface area contributed by atoms with Gasteiger partial charge in [-0.2, -0.15) is 11.3 Å². The molecule has 0 saturated heterocycles. The first-order valence-electron chi connectivity index (χ1n) is 7.91. The molecule has 3 rings (SSSR count). The smallest absolute Gasteiger partial charge is 0.268 e. The Morgan fingerprint density at radius 2 is 2.00 bits per heavy atom. The fourth-order valence-corrected chi connectivity index (χ4v) is 3.28. The third kappa shape index (κ3) is 4.13. The number of nitrogens with one attached hydrogen (secondary N) is 1. The van der Waals surface area contributed by atoms with Crippen molar-refractivity contribution in [2.75, 3.05) is 6.54 Å². The molecule has 0 fully saturated rings. The van der Waals surface area contributed by atoms with Gasteiger partial charge in [-0.15, -0.1) is 0 Å². The average molecular weight is 340 g/mol. The van der Waals surface area contributed by atoms with Gasteiger partial charge in [0.05, 0.1) is 6.10 Å². The fourth-order valence-electron chi connectivity index (χ4n) is 2.57. The van der Waals surface area contributed by atoms with Gasteiger partial charge in [0.1, 0.15) is 5.69 Å². The Morgan fingerprint density at radius 3 is 2.75 bits per heavy atom. The molecule has 5 heteroatoms. The average Bonchev–Trinajstić information content (AvgIpc) is 3.30. The van der Waals surface area contributed by atoms with Crippen LogP contribution in [0.1, 0.15) is 27.7 Å². The zero-order valence-electron chi connectivity index (χ0n) is 13.3. The summed E-state index contributed by atoms with van der Waals surface area (Å²) in [4.78, 5) is 12.4. The molecule has 0 aliphatic rings. The Hall–Kier alpha value is -2.37. The second-order valence-corrected chi connectivity index (χ2v) is 6.38. The number of hydrogen-bond acceptors (Lipinski definition) is 3. The van der Waals surface area contributed by atoms with E-state index in [1.807, 2.05) is 51.9 Å². The van der Waals surface area contributed by atoms with Gasteiger partial charge in [0.2, 0.25) is 0 Å². The van der Waals surface area contributed by atoms with Gasteiger partial charge in [-0.05, 0) is 46.5 Å². The van der Waals surface area contributed by atoms with E-state index in [0.29, 0.717) is 5.69 Å². The zero-order valence-corrected chi connectivity index (χ0v) is 14.1. The standard InChI is InChI=1S/C19H20N2O2S/c22-18(16-9-12-24-14-16)13-20-19(23)17-7-4-10-21(17)11-8-15-5-2-1-3-6-15/h1-7,9-10,12,14,18,22H,8,11,13H2,(H,20,23). The van der Waals surface area contributed by atoms with E-state index in [4.69, 9.17) is 0 Å². The highest BCUT2D eigenvalue weighted by molar-refractivity contribution is 7.07. The van der Waals surface area contributed by atoms with Crippen LogP contribution in [0.25, 0.3) is 0 Å². The van der Waals surface area contributed by atoms with E-state index in [2.05, 4.69) is 17.4 Å². The third-order valence-electron chi connectivity index (χ3n) is 3.93. The molecular formula is C19H20N2O2S. The molecule has 0 bridgehead atoms. The van der Waals surface area contributed by atoms with Gasteiger partial charge >= 0.3 is 0 Å². The van der Waals surface area contributed by atoms with E-state index < -0.39 is 6.10 Å². The lowest BCUT2D eigenvalue weighted by Crippen LogP contribution is -2.30. The van der Waals surface area contributed by atoms with Crippen molar-refractivity contribution in [3.63, 3.8) is 0 Å². The number of thiophene rings is 1. The minimum absolute atomic E-state index is 0.164. The van der Waals surface area contributed by atoms with Crippen LogP contribution >= 0.6 is 11.3 Å². The number of nitrogens with zero attached hydrogens (tertiary/aromatic N) is 1. The lowest BCUT2D eigenvalue weighted by Gasteiger charge is -2.12. The number of rotatable bonds is 7. The number of carbonyl (C=O) groups is 1. The van der Waals surface area contributed by atoms with E-state index in [0.717, 1.165) is 18.5 Å². The Balaban J connectivity index is 1.56. The van der Waals surface area contributed by atoms with Crippen LogP contribution in [-0.4, -0.2) is 22.1 Å². The lowest BCUT2D eigenvalue weighted by atomic mass is 10.1. The summed E-state index contributed by atoms with van der Waals surface area (Å²) in [6, 6.07) is 15.7. The molecule has 2 N–H and O–H groups in total. The quantitative estimate of drug-likeness (QED) is 0.694. The lowest BCUT2D eigenvalue weighted by molar-refractivity contribution is 0.0907. The second kappa shape index (κ2) is 7.95. The van der Waals surface area contributed by atoms with Crippen LogP contribution in [0.5, 0.6) is 0 Å². The number of aliphatic hydroxyl groups excluding tert-OH is 1. The van der Waals surface area contributed by atoms with E-state index in [1.165, 1.54) is 16.9 Å². The molecule has 3 aromatic rings. The Labute approximate surface area is 145 Å². The molecule has 0 radical (unpaired) electrons. The van der Waals surface area contributed by atoms with Crippen LogP contribution in [0.4, 0.5) is 0 Å². The largest absolute Gasteiger partial charge is 0.387 e. The van der Waals surface area contributed by atoms with Crippen molar-refractivity contribution < 1.29 is 9.90 Å². The van der Waals surface area contributed by atoms with Crippen LogP contribution < -0.4 is 5.32 Å². The molecule has 2 aromatic heterocycles. The SMILES string of the molecule is O=C(NCC(O)c1ccsc1)c1cccn1CCc1ccccc1.